The number of carbonyl (C=O) groups is 1. The summed E-state index contributed by atoms with van der Waals surface area (Å²) in [7, 11) is 0. The van der Waals surface area contributed by atoms with Gasteiger partial charge in [0.25, 0.3) is 0 Å². The summed E-state index contributed by atoms with van der Waals surface area (Å²) < 4.78 is 0. The zero-order valence-corrected chi connectivity index (χ0v) is 22.7. The molecule has 0 fully saturated rings. The van der Waals surface area contributed by atoms with Crippen LogP contribution in [0.25, 0.3) is 0 Å². The second kappa shape index (κ2) is 19.6. The van der Waals surface area contributed by atoms with Crippen molar-refractivity contribution in [3.8, 4) is 0 Å². The summed E-state index contributed by atoms with van der Waals surface area (Å²) >= 11 is 0. The van der Waals surface area contributed by atoms with Crippen molar-refractivity contribution in [3.05, 3.63) is 11.6 Å². The second-order valence-electron chi connectivity index (χ2n) is 7.69. The average molecular weight is 375 g/mol. The van der Waals surface area contributed by atoms with E-state index < -0.39 is 5.97 Å². The van der Waals surface area contributed by atoms with Gasteiger partial charge in [0.1, 0.15) is 0 Å². The first-order valence-electron chi connectivity index (χ1n) is 9.21. The molecule has 0 aromatic carbocycles. The molecule has 0 heterocycles. The topological polar surface area (TPSA) is 37.3 Å². The monoisotopic (exact) mass is 374 g/mol. The summed E-state index contributed by atoms with van der Waals surface area (Å²) in [5, 5.41) is 8.68. The van der Waals surface area contributed by atoms with Crippen LogP contribution in [0.15, 0.2) is 11.6 Å². The Kier molecular flexibility index (Phi) is 25.0. The van der Waals surface area contributed by atoms with Gasteiger partial charge in [-0.2, -0.15) is 0 Å². The van der Waals surface area contributed by atoms with Crippen molar-refractivity contribution in [2.45, 2.75) is 92.4 Å². The van der Waals surface area contributed by atoms with Gasteiger partial charge in [0.2, 0.25) is 0 Å². The average Bonchev–Trinajstić information content (AvgIpc) is 2.37. The molecule has 134 valence electrons. The minimum absolute atomic E-state index is 0. The van der Waals surface area contributed by atoms with Crippen LogP contribution in [0.1, 0.15) is 95.3 Å². The Labute approximate surface area is 218 Å². The molecule has 0 radical (unpaired) electrons. The Morgan fingerprint density at radius 3 is 1.75 bits per heavy atom. The van der Waals surface area contributed by atoms with Gasteiger partial charge >= 0.3 is 86.9 Å². The molecule has 0 aliphatic carbocycles. The van der Waals surface area contributed by atoms with Crippen LogP contribution in [0.3, 0.4) is 0 Å². The van der Waals surface area contributed by atoms with Crippen molar-refractivity contribution < 1.29 is 93.7 Å². The number of rotatable bonds is 13. The fourth-order valence-corrected chi connectivity index (χ4v) is 2.99. The van der Waals surface area contributed by atoms with Crippen LogP contribution in [-0.2, 0) is 4.79 Å². The molecule has 2 nitrogen and oxygen atoms in total. The molecule has 0 aromatic heterocycles. The van der Waals surface area contributed by atoms with Crippen LogP contribution in [-0.4, -0.2) is 11.1 Å². The van der Waals surface area contributed by atoms with Gasteiger partial charge in [-0.05, 0) is 37.5 Å². The Morgan fingerprint density at radius 1 is 0.917 bits per heavy atom. The first-order valence-corrected chi connectivity index (χ1v) is 9.21. The Bertz CT molecular complexity index is 340. The third-order valence-electron chi connectivity index (χ3n) is 4.51. The molecular formula is C20H40KNaO2. The maximum Gasteiger partial charge on any atom is 1.00 e. The molecule has 0 aliphatic rings. The standard InChI is InChI=1S/C20H38O2.K.Na.2H/c1-16(2)9-6-10-17(3)11-7-12-18(4)13-8-14-19(5)15-20(21)22;;;;/h15-18H,6-14H2,1-5H3,(H,21,22);;;;/q;2*+1;2*-1/b19-15+;;;;/t17-,18-;;;;/m1..../s1. The summed E-state index contributed by atoms with van der Waals surface area (Å²) in [5.74, 6) is 1.65. The van der Waals surface area contributed by atoms with E-state index in [4.69, 9.17) is 5.11 Å². The number of carboxylic acid groups (broad SMARTS) is 1. The summed E-state index contributed by atoms with van der Waals surface area (Å²) in [6.07, 6.45) is 12.7. The largest absolute Gasteiger partial charge is 1.00 e. The first-order chi connectivity index (χ1) is 10.3. The third-order valence-corrected chi connectivity index (χ3v) is 4.51. The number of aliphatic carboxylic acids is 1. The molecule has 0 saturated heterocycles. The summed E-state index contributed by atoms with van der Waals surface area (Å²) in [4.78, 5) is 10.5. The molecule has 1 N–H and O–H groups in total. The maximum absolute atomic E-state index is 10.5. The van der Waals surface area contributed by atoms with E-state index in [0.29, 0.717) is 0 Å². The van der Waals surface area contributed by atoms with Gasteiger partial charge in [0.15, 0.2) is 0 Å². The van der Waals surface area contributed by atoms with Crippen molar-refractivity contribution in [1.29, 1.82) is 0 Å². The predicted molar refractivity (Wildman–Crippen MR) is 98.3 cm³/mol. The van der Waals surface area contributed by atoms with Crippen LogP contribution in [0.4, 0.5) is 0 Å². The van der Waals surface area contributed by atoms with Gasteiger partial charge in [-0.15, -0.1) is 0 Å². The van der Waals surface area contributed by atoms with Gasteiger partial charge in [-0.25, -0.2) is 4.79 Å². The van der Waals surface area contributed by atoms with Crippen molar-refractivity contribution in [2.24, 2.45) is 17.8 Å². The molecule has 0 aliphatic heterocycles. The van der Waals surface area contributed by atoms with Crippen molar-refractivity contribution in [2.75, 3.05) is 0 Å². The molecule has 0 saturated carbocycles. The van der Waals surface area contributed by atoms with Crippen molar-refractivity contribution >= 4 is 5.97 Å². The molecule has 4 heteroatoms. The quantitative estimate of drug-likeness (QED) is 0.380. The number of hydrogen-bond donors (Lipinski definition) is 1. The Balaban J connectivity index is -0.000000367. The minimum atomic E-state index is -0.822. The SMILES string of the molecule is C/C(=C\C(=O)O)CCC[C@H](C)CCC[C@H](C)CCCC(C)C.[H-].[H-].[K+].[Na+]. The molecule has 0 aromatic rings. The molecule has 0 amide bonds. The molecule has 0 bridgehead atoms. The van der Waals surface area contributed by atoms with Crippen LogP contribution in [0.5, 0.6) is 0 Å². The fraction of sp³-hybridized carbons (Fsp3) is 0.850. The summed E-state index contributed by atoms with van der Waals surface area (Å²) in [5.41, 5.74) is 0.985. The van der Waals surface area contributed by atoms with Crippen LogP contribution >= 0.6 is 0 Å². The smallest absolute Gasteiger partial charge is 1.00 e. The van der Waals surface area contributed by atoms with E-state index in [-0.39, 0.29) is 83.8 Å². The van der Waals surface area contributed by atoms with E-state index in [0.717, 1.165) is 36.2 Å². The number of carboxylic acids is 1. The molecule has 24 heavy (non-hydrogen) atoms. The van der Waals surface area contributed by atoms with Crippen LogP contribution in [0, 0.1) is 17.8 Å². The molecule has 0 spiro atoms. The van der Waals surface area contributed by atoms with Gasteiger partial charge in [-0.3, -0.25) is 0 Å². The van der Waals surface area contributed by atoms with Crippen LogP contribution in [0.2, 0.25) is 0 Å². The summed E-state index contributed by atoms with van der Waals surface area (Å²) in [6, 6.07) is 0. The Hall–Kier alpha value is 1.85. The minimum Gasteiger partial charge on any atom is -1.00 e. The molecule has 0 unspecified atom stereocenters. The van der Waals surface area contributed by atoms with Gasteiger partial charge in [0, 0.05) is 6.08 Å². The maximum atomic E-state index is 10.5. The van der Waals surface area contributed by atoms with E-state index in [2.05, 4.69) is 27.7 Å². The zero-order chi connectivity index (χ0) is 17.0. The van der Waals surface area contributed by atoms with Gasteiger partial charge in [-0.1, -0.05) is 78.2 Å². The predicted octanol–water partition coefficient (Wildman–Crippen LogP) is 0.689. The molecular weight excluding hydrogens is 334 g/mol. The first kappa shape index (κ1) is 30.6. The van der Waals surface area contributed by atoms with E-state index in [1.165, 1.54) is 51.0 Å². The van der Waals surface area contributed by atoms with Gasteiger partial charge in [0.05, 0.1) is 0 Å². The van der Waals surface area contributed by atoms with Crippen LogP contribution < -0.4 is 80.9 Å². The van der Waals surface area contributed by atoms with Crippen molar-refractivity contribution in [3.63, 3.8) is 0 Å². The van der Waals surface area contributed by atoms with E-state index in [9.17, 15) is 4.79 Å². The number of hydrogen-bond acceptors (Lipinski definition) is 1. The zero-order valence-electron chi connectivity index (χ0n) is 19.5. The number of allylic oxidation sites excluding steroid dienone is 1. The summed E-state index contributed by atoms with van der Waals surface area (Å²) in [6.45, 7) is 11.3. The second-order valence-corrected chi connectivity index (χ2v) is 7.69. The Morgan fingerprint density at radius 2 is 1.33 bits per heavy atom. The molecule has 2 atom stereocenters. The van der Waals surface area contributed by atoms with Gasteiger partial charge < -0.3 is 7.96 Å². The van der Waals surface area contributed by atoms with Crippen molar-refractivity contribution in [1.82, 2.24) is 0 Å². The molecule has 0 rings (SSSR count). The van der Waals surface area contributed by atoms with E-state index in [1.807, 2.05) is 6.92 Å². The van der Waals surface area contributed by atoms with E-state index >= 15 is 0 Å². The fourth-order valence-electron chi connectivity index (χ4n) is 2.99. The normalized spacial score (nSPS) is 13.8. The third kappa shape index (κ3) is 21.9. The van der Waals surface area contributed by atoms with E-state index in [1.54, 1.807) is 0 Å².